The van der Waals surface area contributed by atoms with Gasteiger partial charge in [-0.3, -0.25) is 19.8 Å². The van der Waals surface area contributed by atoms with Crippen molar-refractivity contribution in [3.8, 4) is 0 Å². The largest absolute Gasteiger partial charge is 0.445 e. The standard InChI is InChI=1S/C31H40FN5O4/c1-31(2,23-12-14-36(15-13-23)30(40)41-21-22-6-4-3-5-7-22)37-18-16-35(17-19-37)27-10-8-24(20-25(27)32)33-26-9-11-28(38)34-29(26)39/h3-8,10,20,23,26,33H,9,11-19,21H2,1-2H3,(H,34,38,39). The van der Waals surface area contributed by atoms with Crippen LogP contribution in [-0.2, 0) is 20.9 Å². The number of nitrogens with zero attached hydrogens (tertiary/aromatic N) is 3. The number of hydrogen-bond donors (Lipinski definition) is 2. The van der Waals surface area contributed by atoms with Gasteiger partial charge in [-0.2, -0.15) is 0 Å². The molecule has 1 atom stereocenters. The second-order valence-corrected chi connectivity index (χ2v) is 11.7. The molecule has 2 aromatic rings. The van der Waals surface area contributed by atoms with Crippen LogP contribution in [0.3, 0.4) is 0 Å². The molecule has 3 aliphatic rings. The molecule has 2 aromatic carbocycles. The maximum absolute atomic E-state index is 15.1. The summed E-state index contributed by atoms with van der Waals surface area (Å²) in [6.45, 7) is 9.30. The van der Waals surface area contributed by atoms with Gasteiger partial charge in [0.15, 0.2) is 0 Å². The minimum absolute atomic E-state index is 0.0413. The van der Waals surface area contributed by atoms with E-state index in [0.717, 1.165) is 31.5 Å². The van der Waals surface area contributed by atoms with Gasteiger partial charge < -0.3 is 19.9 Å². The average Bonchev–Trinajstić information content (AvgIpc) is 2.98. The van der Waals surface area contributed by atoms with Crippen LogP contribution in [0.5, 0.6) is 0 Å². The van der Waals surface area contributed by atoms with Crippen molar-refractivity contribution >= 4 is 29.3 Å². The lowest BCUT2D eigenvalue weighted by Crippen LogP contribution is -2.59. The van der Waals surface area contributed by atoms with Gasteiger partial charge >= 0.3 is 6.09 Å². The fourth-order valence-corrected chi connectivity index (χ4v) is 6.25. The molecule has 3 heterocycles. The van der Waals surface area contributed by atoms with Crippen molar-refractivity contribution in [3.63, 3.8) is 0 Å². The molecule has 0 aromatic heterocycles. The number of piperazine rings is 1. The van der Waals surface area contributed by atoms with Crippen LogP contribution >= 0.6 is 0 Å². The number of nitrogens with one attached hydrogen (secondary N) is 2. The van der Waals surface area contributed by atoms with E-state index in [-0.39, 0.29) is 42.3 Å². The van der Waals surface area contributed by atoms with E-state index in [1.54, 1.807) is 12.1 Å². The highest BCUT2D eigenvalue weighted by Gasteiger charge is 2.39. The smallest absolute Gasteiger partial charge is 0.410 e. The minimum Gasteiger partial charge on any atom is -0.445 e. The third kappa shape index (κ3) is 6.81. The molecular weight excluding hydrogens is 525 g/mol. The topological polar surface area (TPSA) is 94.2 Å². The molecule has 0 saturated carbocycles. The predicted octanol–water partition coefficient (Wildman–Crippen LogP) is 3.99. The first-order valence-corrected chi connectivity index (χ1v) is 14.6. The molecule has 41 heavy (non-hydrogen) atoms. The first kappa shape index (κ1) is 28.9. The summed E-state index contributed by atoms with van der Waals surface area (Å²) < 4.78 is 20.7. The summed E-state index contributed by atoms with van der Waals surface area (Å²) in [7, 11) is 0. The van der Waals surface area contributed by atoms with Gasteiger partial charge in [0.1, 0.15) is 18.5 Å². The van der Waals surface area contributed by atoms with Gasteiger partial charge in [-0.25, -0.2) is 9.18 Å². The van der Waals surface area contributed by atoms with Gasteiger partial charge in [-0.15, -0.1) is 0 Å². The highest BCUT2D eigenvalue weighted by molar-refractivity contribution is 6.01. The number of carbonyl (C=O) groups is 3. The second-order valence-electron chi connectivity index (χ2n) is 11.7. The summed E-state index contributed by atoms with van der Waals surface area (Å²) in [4.78, 5) is 42.4. The van der Waals surface area contributed by atoms with Crippen LogP contribution in [0.15, 0.2) is 48.5 Å². The Kier molecular flexibility index (Phi) is 8.77. The van der Waals surface area contributed by atoms with Gasteiger partial charge in [0.05, 0.1) is 5.69 Å². The molecular formula is C31H40FN5O4. The number of imide groups is 1. The number of likely N-dealkylation sites (tertiary alicyclic amines) is 1. The molecule has 3 aliphatic heterocycles. The monoisotopic (exact) mass is 565 g/mol. The Balaban J connectivity index is 1.09. The molecule has 220 valence electrons. The lowest BCUT2D eigenvalue weighted by molar-refractivity contribution is -0.133. The van der Waals surface area contributed by atoms with E-state index in [2.05, 4.69) is 34.3 Å². The number of amides is 3. The van der Waals surface area contributed by atoms with E-state index in [1.807, 2.05) is 35.2 Å². The molecule has 5 rings (SSSR count). The fraction of sp³-hybridized carbons (Fsp3) is 0.516. The summed E-state index contributed by atoms with van der Waals surface area (Å²) in [5.74, 6) is -0.539. The maximum atomic E-state index is 15.1. The summed E-state index contributed by atoms with van der Waals surface area (Å²) in [6.07, 6.45) is 2.25. The molecule has 0 radical (unpaired) electrons. The lowest BCUT2D eigenvalue weighted by atomic mass is 9.78. The molecule has 0 spiro atoms. The molecule has 3 fully saturated rings. The molecule has 3 amide bonds. The third-order valence-electron chi connectivity index (χ3n) is 8.92. The Bertz CT molecular complexity index is 1240. The van der Waals surface area contributed by atoms with Crippen molar-refractivity contribution in [3.05, 3.63) is 59.9 Å². The first-order chi connectivity index (χ1) is 19.7. The predicted molar refractivity (Wildman–Crippen MR) is 155 cm³/mol. The van der Waals surface area contributed by atoms with Crippen molar-refractivity contribution in [2.45, 2.75) is 57.7 Å². The van der Waals surface area contributed by atoms with Crippen molar-refractivity contribution < 1.29 is 23.5 Å². The Hall–Kier alpha value is -3.66. The van der Waals surface area contributed by atoms with Gasteiger partial charge in [0, 0.05) is 56.9 Å². The molecule has 0 aliphatic carbocycles. The molecule has 0 bridgehead atoms. The van der Waals surface area contributed by atoms with Crippen LogP contribution in [0.25, 0.3) is 0 Å². The summed E-state index contributed by atoms with van der Waals surface area (Å²) in [6, 6.07) is 14.1. The van der Waals surface area contributed by atoms with Gasteiger partial charge in [-0.05, 0) is 62.8 Å². The maximum Gasteiger partial charge on any atom is 0.410 e. The Labute approximate surface area is 241 Å². The SMILES string of the molecule is CC(C)(C1CCN(C(=O)OCc2ccccc2)CC1)N1CCN(c2ccc(NC3CCC(=O)NC3=O)cc2F)CC1. The van der Waals surface area contributed by atoms with Crippen LogP contribution < -0.4 is 15.5 Å². The molecule has 2 N–H and O–H groups in total. The highest BCUT2D eigenvalue weighted by Crippen LogP contribution is 2.35. The normalized spacial score (nSPS) is 21.0. The number of rotatable bonds is 7. The van der Waals surface area contributed by atoms with Gasteiger partial charge in [0.2, 0.25) is 11.8 Å². The number of benzene rings is 2. The second kappa shape index (κ2) is 12.5. The zero-order chi connectivity index (χ0) is 29.0. The van der Waals surface area contributed by atoms with Crippen molar-refractivity contribution in [1.82, 2.24) is 15.1 Å². The van der Waals surface area contributed by atoms with Crippen LogP contribution in [0, 0.1) is 11.7 Å². The van der Waals surface area contributed by atoms with E-state index in [0.29, 0.717) is 49.9 Å². The van der Waals surface area contributed by atoms with Gasteiger partial charge in [0.25, 0.3) is 0 Å². The number of piperidine rings is 2. The van der Waals surface area contributed by atoms with Crippen LogP contribution in [-0.4, -0.2) is 78.6 Å². The Morgan fingerprint density at radius 3 is 2.37 bits per heavy atom. The number of carbonyl (C=O) groups excluding carboxylic acids is 3. The van der Waals surface area contributed by atoms with E-state index >= 15 is 4.39 Å². The lowest BCUT2D eigenvalue weighted by Gasteiger charge is -2.50. The first-order valence-electron chi connectivity index (χ1n) is 14.6. The Morgan fingerprint density at radius 2 is 1.71 bits per heavy atom. The molecule has 3 saturated heterocycles. The summed E-state index contributed by atoms with van der Waals surface area (Å²) >= 11 is 0. The fourth-order valence-electron chi connectivity index (χ4n) is 6.25. The van der Waals surface area contributed by atoms with Crippen LogP contribution in [0.2, 0.25) is 0 Å². The van der Waals surface area contributed by atoms with Crippen molar-refractivity contribution in [2.75, 3.05) is 49.5 Å². The van der Waals surface area contributed by atoms with Crippen LogP contribution in [0.4, 0.5) is 20.6 Å². The zero-order valence-corrected chi connectivity index (χ0v) is 23.9. The van der Waals surface area contributed by atoms with E-state index in [9.17, 15) is 14.4 Å². The highest BCUT2D eigenvalue weighted by atomic mass is 19.1. The van der Waals surface area contributed by atoms with E-state index < -0.39 is 6.04 Å². The van der Waals surface area contributed by atoms with Crippen molar-refractivity contribution in [1.29, 1.82) is 0 Å². The summed E-state index contributed by atoms with van der Waals surface area (Å²) in [5.41, 5.74) is 2.02. The van der Waals surface area contributed by atoms with Gasteiger partial charge in [-0.1, -0.05) is 30.3 Å². The van der Waals surface area contributed by atoms with E-state index in [1.165, 1.54) is 6.07 Å². The average molecular weight is 566 g/mol. The zero-order valence-electron chi connectivity index (χ0n) is 23.9. The molecule has 9 nitrogen and oxygen atoms in total. The van der Waals surface area contributed by atoms with E-state index in [4.69, 9.17) is 4.74 Å². The number of ether oxygens (including phenoxy) is 1. The third-order valence-corrected chi connectivity index (χ3v) is 8.92. The number of hydrogen-bond acceptors (Lipinski definition) is 7. The van der Waals surface area contributed by atoms with Crippen LogP contribution in [0.1, 0.15) is 45.1 Å². The summed E-state index contributed by atoms with van der Waals surface area (Å²) in [5, 5.41) is 5.36. The Morgan fingerprint density at radius 1 is 1.00 bits per heavy atom. The number of anilines is 2. The quantitative estimate of drug-likeness (QED) is 0.491. The minimum atomic E-state index is -0.546. The van der Waals surface area contributed by atoms with Crippen molar-refractivity contribution in [2.24, 2.45) is 5.92 Å². The molecule has 1 unspecified atom stereocenters. The molecule has 10 heteroatoms. The number of halogens is 1.